The first kappa shape index (κ1) is 20.3. The van der Waals surface area contributed by atoms with Gasteiger partial charge in [-0.15, -0.1) is 24.0 Å². The molecule has 3 heterocycles. The Balaban J connectivity index is 0.00000243. The van der Waals surface area contributed by atoms with Crippen LogP contribution in [0.5, 0.6) is 0 Å². The molecule has 1 amide bonds. The molecule has 8 nitrogen and oxygen atoms in total. The van der Waals surface area contributed by atoms with Crippen LogP contribution < -0.4 is 10.6 Å². The first-order chi connectivity index (χ1) is 12.2. The van der Waals surface area contributed by atoms with E-state index >= 15 is 0 Å². The van der Waals surface area contributed by atoms with Crippen LogP contribution in [-0.2, 0) is 18.4 Å². The number of nitrogens with one attached hydrogen (secondary N) is 2. The van der Waals surface area contributed by atoms with E-state index < -0.39 is 0 Å². The maximum atomic E-state index is 12.0. The minimum Gasteiger partial charge on any atom is -0.467 e. The van der Waals surface area contributed by atoms with E-state index in [4.69, 9.17) is 4.42 Å². The molecule has 2 aromatic rings. The van der Waals surface area contributed by atoms with Crippen molar-refractivity contribution in [3.8, 4) is 0 Å². The van der Waals surface area contributed by atoms with E-state index in [0.29, 0.717) is 12.5 Å². The standard InChI is InChI=1S/C17H24N6O2.HI/c1-18-17(20-10-16(24)19-9-15-4-3-7-25-15)23-6-5-13(12-23)14-8-21-22(2)11-14;/h3-4,7-8,11,13H,5-6,9-10,12H2,1-2H3,(H,18,20)(H,19,24);1H. The van der Waals surface area contributed by atoms with E-state index in [2.05, 4.69) is 31.8 Å². The zero-order valence-electron chi connectivity index (χ0n) is 15.0. The number of nitrogens with zero attached hydrogens (tertiary/aromatic N) is 4. The predicted octanol–water partition coefficient (Wildman–Crippen LogP) is 1.31. The Morgan fingerprint density at radius 3 is 2.96 bits per heavy atom. The highest BCUT2D eigenvalue weighted by molar-refractivity contribution is 14.0. The molecule has 2 aromatic heterocycles. The maximum absolute atomic E-state index is 12.0. The third-order valence-electron chi connectivity index (χ3n) is 4.34. The van der Waals surface area contributed by atoms with Gasteiger partial charge in [0, 0.05) is 39.3 Å². The Labute approximate surface area is 170 Å². The number of likely N-dealkylation sites (tertiary alicyclic amines) is 1. The molecule has 0 radical (unpaired) electrons. The van der Waals surface area contributed by atoms with E-state index in [1.54, 1.807) is 19.4 Å². The average molecular weight is 472 g/mol. The van der Waals surface area contributed by atoms with Gasteiger partial charge >= 0.3 is 0 Å². The van der Waals surface area contributed by atoms with E-state index in [0.717, 1.165) is 31.2 Å². The minimum atomic E-state index is -0.0967. The number of hydrogen-bond acceptors (Lipinski definition) is 4. The number of aliphatic imine (C=N–C) groups is 1. The lowest BCUT2D eigenvalue weighted by atomic mass is 10.0. The third kappa shape index (κ3) is 5.23. The number of furan rings is 1. The summed E-state index contributed by atoms with van der Waals surface area (Å²) in [6.45, 7) is 2.35. The van der Waals surface area contributed by atoms with Crippen LogP contribution in [0.25, 0.3) is 0 Å². The highest BCUT2D eigenvalue weighted by Crippen LogP contribution is 2.26. The number of aryl methyl sites for hydroxylation is 1. The van der Waals surface area contributed by atoms with Crippen molar-refractivity contribution in [2.45, 2.75) is 18.9 Å². The second-order valence-corrected chi connectivity index (χ2v) is 6.14. The Bertz CT molecular complexity index is 727. The number of hydrogen-bond donors (Lipinski definition) is 2. The van der Waals surface area contributed by atoms with Gasteiger partial charge in [0.1, 0.15) is 5.76 Å². The van der Waals surface area contributed by atoms with Crippen molar-refractivity contribution in [1.82, 2.24) is 25.3 Å². The van der Waals surface area contributed by atoms with Crippen LogP contribution in [0, 0.1) is 0 Å². The molecule has 9 heteroatoms. The molecule has 2 N–H and O–H groups in total. The number of rotatable bonds is 5. The van der Waals surface area contributed by atoms with Crippen LogP contribution >= 0.6 is 24.0 Å². The van der Waals surface area contributed by atoms with Gasteiger partial charge < -0.3 is 20.0 Å². The van der Waals surface area contributed by atoms with Gasteiger partial charge in [-0.1, -0.05) is 0 Å². The normalized spacial score (nSPS) is 17.1. The molecule has 0 aromatic carbocycles. The number of amides is 1. The van der Waals surface area contributed by atoms with Crippen molar-refractivity contribution < 1.29 is 9.21 Å². The van der Waals surface area contributed by atoms with Gasteiger partial charge in [0.2, 0.25) is 5.91 Å². The van der Waals surface area contributed by atoms with Crippen molar-refractivity contribution in [2.24, 2.45) is 12.0 Å². The highest BCUT2D eigenvalue weighted by atomic mass is 127. The first-order valence-corrected chi connectivity index (χ1v) is 8.39. The lowest BCUT2D eigenvalue weighted by molar-refractivity contribution is -0.120. The molecule has 0 saturated carbocycles. The van der Waals surface area contributed by atoms with Crippen molar-refractivity contribution in [1.29, 1.82) is 0 Å². The Hall–Kier alpha value is -2.04. The summed E-state index contributed by atoms with van der Waals surface area (Å²) in [5.41, 5.74) is 1.25. The van der Waals surface area contributed by atoms with Crippen LogP contribution in [0.2, 0.25) is 0 Å². The summed E-state index contributed by atoms with van der Waals surface area (Å²) in [7, 11) is 3.67. The van der Waals surface area contributed by atoms with E-state index in [9.17, 15) is 4.79 Å². The SMILES string of the molecule is CN=C(NCC(=O)NCc1ccco1)N1CCC(c2cnn(C)c2)C1.I. The van der Waals surface area contributed by atoms with Crippen LogP contribution in [0.4, 0.5) is 0 Å². The maximum Gasteiger partial charge on any atom is 0.239 e. The Morgan fingerprint density at radius 1 is 1.46 bits per heavy atom. The molecule has 1 atom stereocenters. The lowest BCUT2D eigenvalue weighted by Gasteiger charge is -2.21. The van der Waals surface area contributed by atoms with Crippen LogP contribution in [0.3, 0.4) is 0 Å². The minimum absolute atomic E-state index is 0. The number of carbonyl (C=O) groups is 1. The highest BCUT2D eigenvalue weighted by Gasteiger charge is 2.27. The molecular formula is C17H25IN6O2. The summed E-state index contributed by atoms with van der Waals surface area (Å²) >= 11 is 0. The van der Waals surface area contributed by atoms with Crippen molar-refractivity contribution >= 4 is 35.8 Å². The fourth-order valence-corrected chi connectivity index (χ4v) is 3.03. The molecule has 0 bridgehead atoms. The smallest absolute Gasteiger partial charge is 0.239 e. The summed E-state index contributed by atoms with van der Waals surface area (Å²) in [5.74, 6) is 1.83. The Morgan fingerprint density at radius 2 is 2.31 bits per heavy atom. The van der Waals surface area contributed by atoms with Crippen LogP contribution in [0.15, 0.2) is 40.2 Å². The number of aromatic nitrogens is 2. The van der Waals surface area contributed by atoms with Crippen LogP contribution in [-0.4, -0.2) is 53.2 Å². The quantitative estimate of drug-likeness (QED) is 0.390. The molecule has 1 aliphatic rings. The molecule has 0 aliphatic carbocycles. The monoisotopic (exact) mass is 472 g/mol. The average Bonchev–Trinajstić information content (AvgIpc) is 3.35. The number of guanidine groups is 1. The lowest BCUT2D eigenvalue weighted by Crippen LogP contribution is -2.44. The predicted molar refractivity (Wildman–Crippen MR) is 109 cm³/mol. The van der Waals surface area contributed by atoms with Gasteiger partial charge in [-0.2, -0.15) is 5.10 Å². The largest absolute Gasteiger partial charge is 0.467 e. The zero-order valence-corrected chi connectivity index (χ0v) is 17.3. The fraction of sp³-hybridized carbons (Fsp3) is 0.471. The fourth-order valence-electron chi connectivity index (χ4n) is 3.03. The summed E-state index contributed by atoms with van der Waals surface area (Å²) in [6, 6.07) is 3.63. The molecule has 0 spiro atoms. The Kier molecular flexibility index (Phi) is 7.49. The molecule has 1 fully saturated rings. The second-order valence-electron chi connectivity index (χ2n) is 6.14. The summed E-state index contributed by atoms with van der Waals surface area (Å²) < 4.78 is 7.02. The molecule has 3 rings (SSSR count). The van der Waals surface area contributed by atoms with Crippen molar-refractivity contribution in [2.75, 3.05) is 26.7 Å². The van der Waals surface area contributed by atoms with Crippen LogP contribution in [0.1, 0.15) is 23.7 Å². The van der Waals surface area contributed by atoms with Gasteiger partial charge in [-0.05, 0) is 24.1 Å². The van der Waals surface area contributed by atoms with Gasteiger partial charge in [0.15, 0.2) is 5.96 Å². The number of halogens is 1. The van der Waals surface area contributed by atoms with E-state index in [1.165, 1.54) is 5.56 Å². The zero-order chi connectivity index (χ0) is 17.6. The van der Waals surface area contributed by atoms with E-state index in [1.807, 2.05) is 24.0 Å². The summed E-state index contributed by atoms with van der Waals surface area (Å²) in [5, 5.41) is 10.2. The van der Waals surface area contributed by atoms with Gasteiger partial charge in [0.25, 0.3) is 0 Å². The molecular weight excluding hydrogens is 447 g/mol. The topological polar surface area (TPSA) is 87.7 Å². The van der Waals surface area contributed by atoms with Gasteiger partial charge in [-0.25, -0.2) is 0 Å². The third-order valence-corrected chi connectivity index (χ3v) is 4.34. The second kappa shape index (κ2) is 9.60. The first-order valence-electron chi connectivity index (χ1n) is 8.39. The summed E-state index contributed by atoms with van der Waals surface area (Å²) in [4.78, 5) is 18.4. The molecule has 1 saturated heterocycles. The summed E-state index contributed by atoms with van der Waals surface area (Å²) in [6.07, 6.45) is 6.63. The van der Waals surface area contributed by atoms with Crippen molar-refractivity contribution in [3.05, 3.63) is 42.1 Å². The molecule has 142 valence electrons. The molecule has 26 heavy (non-hydrogen) atoms. The van der Waals surface area contributed by atoms with E-state index in [-0.39, 0.29) is 36.4 Å². The van der Waals surface area contributed by atoms with Crippen molar-refractivity contribution in [3.63, 3.8) is 0 Å². The number of carbonyl (C=O) groups excluding carboxylic acids is 1. The molecule has 1 aliphatic heterocycles. The molecule has 1 unspecified atom stereocenters. The van der Waals surface area contributed by atoms with Gasteiger partial charge in [0.05, 0.1) is 25.5 Å². The van der Waals surface area contributed by atoms with Gasteiger partial charge in [-0.3, -0.25) is 14.5 Å².